The summed E-state index contributed by atoms with van der Waals surface area (Å²) in [5, 5.41) is 3.85. The number of amides is 1. The summed E-state index contributed by atoms with van der Waals surface area (Å²) in [4.78, 5) is 23.1. The molecule has 0 saturated heterocycles. The number of carbonyl (C=O) groups is 2. The zero-order chi connectivity index (χ0) is 18.2. The summed E-state index contributed by atoms with van der Waals surface area (Å²) in [6.07, 6.45) is 1.47. The zero-order valence-corrected chi connectivity index (χ0v) is 15.4. The highest BCUT2D eigenvalue weighted by atomic mass is 79.9. The molecule has 0 heterocycles. The van der Waals surface area contributed by atoms with Crippen LogP contribution in [0.25, 0.3) is 0 Å². The van der Waals surface area contributed by atoms with Crippen molar-refractivity contribution in [3.8, 4) is 5.75 Å². The van der Waals surface area contributed by atoms with Gasteiger partial charge < -0.3 is 9.47 Å². The Labute approximate surface area is 154 Å². The molecular weight excluding hydrogens is 388 g/mol. The van der Waals surface area contributed by atoms with Crippen LogP contribution < -0.4 is 10.2 Å². The summed E-state index contributed by atoms with van der Waals surface area (Å²) in [5.41, 5.74) is 4.65. The fourth-order valence-corrected chi connectivity index (χ4v) is 2.51. The van der Waals surface area contributed by atoms with Crippen LogP contribution in [-0.2, 0) is 9.53 Å². The fourth-order valence-electron chi connectivity index (χ4n) is 1.90. The van der Waals surface area contributed by atoms with Crippen LogP contribution in [0, 0.1) is 6.92 Å². The van der Waals surface area contributed by atoms with E-state index in [1.165, 1.54) is 13.3 Å². The van der Waals surface area contributed by atoms with Gasteiger partial charge in [-0.2, -0.15) is 5.10 Å². The van der Waals surface area contributed by atoms with Gasteiger partial charge in [0, 0.05) is 0 Å². The summed E-state index contributed by atoms with van der Waals surface area (Å²) >= 11 is 3.38. The van der Waals surface area contributed by atoms with Gasteiger partial charge in [0.25, 0.3) is 5.91 Å². The van der Waals surface area contributed by atoms with E-state index in [1.807, 2.05) is 19.1 Å². The number of hydrogen-bond donors (Lipinski definition) is 1. The maximum Gasteiger partial charge on any atom is 0.337 e. The van der Waals surface area contributed by atoms with Crippen molar-refractivity contribution in [2.24, 2.45) is 5.10 Å². The van der Waals surface area contributed by atoms with Crippen LogP contribution in [0.1, 0.15) is 21.5 Å². The fraction of sp³-hybridized carbons (Fsp3) is 0.167. The Morgan fingerprint density at radius 1 is 1.20 bits per heavy atom. The number of nitrogens with one attached hydrogen (secondary N) is 1. The van der Waals surface area contributed by atoms with Gasteiger partial charge in [-0.25, -0.2) is 10.2 Å². The average Bonchev–Trinajstić information content (AvgIpc) is 2.61. The number of aryl methyl sites for hydroxylation is 1. The number of methoxy groups -OCH3 is 1. The number of nitrogens with zero attached hydrogens (tertiary/aromatic N) is 1. The number of hydrogen-bond acceptors (Lipinski definition) is 5. The molecule has 0 radical (unpaired) electrons. The Morgan fingerprint density at radius 3 is 2.56 bits per heavy atom. The minimum Gasteiger partial charge on any atom is -0.483 e. The Balaban J connectivity index is 1.83. The number of benzene rings is 2. The number of esters is 1. The lowest BCUT2D eigenvalue weighted by Crippen LogP contribution is -2.24. The first-order valence-electron chi connectivity index (χ1n) is 7.39. The van der Waals surface area contributed by atoms with Gasteiger partial charge in [0.2, 0.25) is 0 Å². The van der Waals surface area contributed by atoms with Gasteiger partial charge >= 0.3 is 5.97 Å². The van der Waals surface area contributed by atoms with E-state index in [2.05, 4.69) is 31.2 Å². The van der Waals surface area contributed by atoms with Gasteiger partial charge in [0.15, 0.2) is 6.61 Å². The van der Waals surface area contributed by atoms with E-state index in [1.54, 1.807) is 30.3 Å². The molecule has 2 rings (SSSR count). The summed E-state index contributed by atoms with van der Waals surface area (Å²) < 4.78 is 10.8. The number of halogens is 1. The maximum absolute atomic E-state index is 11.7. The standard InChI is InChI=1S/C18H17BrN2O4/c1-12-3-8-16(15(19)9-12)25-11-17(22)21-20-10-13-4-6-14(7-5-13)18(23)24-2/h3-10H,11H2,1-2H3,(H,21,22)/b20-10-. The van der Waals surface area contributed by atoms with E-state index >= 15 is 0 Å². The molecule has 0 unspecified atom stereocenters. The van der Waals surface area contributed by atoms with E-state index in [4.69, 9.17) is 4.74 Å². The number of carbonyl (C=O) groups excluding carboxylic acids is 2. The smallest absolute Gasteiger partial charge is 0.337 e. The lowest BCUT2D eigenvalue weighted by Gasteiger charge is -2.07. The van der Waals surface area contributed by atoms with Crippen LogP contribution >= 0.6 is 15.9 Å². The van der Waals surface area contributed by atoms with E-state index in [0.29, 0.717) is 11.3 Å². The van der Waals surface area contributed by atoms with Crippen molar-refractivity contribution in [1.82, 2.24) is 5.43 Å². The third-order valence-corrected chi connectivity index (χ3v) is 3.80. The first kappa shape index (κ1) is 18.7. The summed E-state index contributed by atoms with van der Waals surface area (Å²) in [6.45, 7) is 1.81. The highest BCUT2D eigenvalue weighted by Crippen LogP contribution is 2.25. The molecule has 2 aromatic rings. The Hall–Kier alpha value is -2.67. The predicted molar refractivity (Wildman–Crippen MR) is 97.9 cm³/mol. The van der Waals surface area contributed by atoms with Crippen molar-refractivity contribution in [1.29, 1.82) is 0 Å². The van der Waals surface area contributed by atoms with Crippen molar-refractivity contribution in [2.75, 3.05) is 13.7 Å². The third kappa shape index (κ3) is 5.72. The topological polar surface area (TPSA) is 77.0 Å². The predicted octanol–water partition coefficient (Wildman–Crippen LogP) is 3.07. The number of ether oxygens (including phenoxy) is 2. The second-order valence-electron chi connectivity index (χ2n) is 5.13. The van der Waals surface area contributed by atoms with Gasteiger partial charge in [-0.3, -0.25) is 4.79 Å². The third-order valence-electron chi connectivity index (χ3n) is 3.18. The Kier molecular flexibility index (Phi) is 6.71. The molecule has 0 atom stereocenters. The molecule has 6 nitrogen and oxygen atoms in total. The highest BCUT2D eigenvalue weighted by Gasteiger charge is 2.05. The summed E-state index contributed by atoms with van der Waals surface area (Å²) in [7, 11) is 1.32. The minimum absolute atomic E-state index is 0.153. The molecule has 130 valence electrons. The second kappa shape index (κ2) is 8.98. The molecule has 0 fully saturated rings. The summed E-state index contributed by atoms with van der Waals surface area (Å²) in [5.74, 6) is -0.200. The normalized spacial score (nSPS) is 10.5. The quantitative estimate of drug-likeness (QED) is 0.455. The van der Waals surface area contributed by atoms with Gasteiger partial charge in [0.1, 0.15) is 5.75 Å². The monoisotopic (exact) mass is 404 g/mol. The Bertz CT molecular complexity index is 788. The van der Waals surface area contributed by atoms with E-state index < -0.39 is 5.97 Å². The van der Waals surface area contributed by atoms with Crippen LogP contribution in [0.4, 0.5) is 0 Å². The molecule has 1 amide bonds. The molecule has 7 heteroatoms. The first-order chi connectivity index (χ1) is 12.0. The van der Waals surface area contributed by atoms with Crippen LogP contribution in [0.3, 0.4) is 0 Å². The SMILES string of the molecule is COC(=O)c1ccc(/C=N\NC(=O)COc2ccc(C)cc2Br)cc1. The van der Waals surface area contributed by atoms with Crippen molar-refractivity contribution >= 4 is 34.0 Å². The molecule has 0 aliphatic carbocycles. The minimum atomic E-state index is -0.406. The van der Waals surface area contributed by atoms with Gasteiger partial charge in [-0.15, -0.1) is 0 Å². The van der Waals surface area contributed by atoms with E-state index in [-0.39, 0.29) is 12.5 Å². The first-order valence-corrected chi connectivity index (χ1v) is 8.18. The van der Waals surface area contributed by atoms with Crippen LogP contribution in [-0.4, -0.2) is 31.8 Å². The van der Waals surface area contributed by atoms with E-state index in [0.717, 1.165) is 15.6 Å². The van der Waals surface area contributed by atoms with Gasteiger partial charge in [-0.1, -0.05) is 18.2 Å². The molecule has 0 aromatic heterocycles. The van der Waals surface area contributed by atoms with Gasteiger partial charge in [-0.05, 0) is 58.2 Å². The molecular formula is C18H17BrN2O4. The molecule has 25 heavy (non-hydrogen) atoms. The van der Waals surface area contributed by atoms with Crippen molar-refractivity contribution in [2.45, 2.75) is 6.92 Å². The highest BCUT2D eigenvalue weighted by molar-refractivity contribution is 9.10. The number of hydrazone groups is 1. The van der Waals surface area contributed by atoms with Crippen molar-refractivity contribution < 1.29 is 19.1 Å². The lowest BCUT2D eigenvalue weighted by atomic mass is 10.1. The Morgan fingerprint density at radius 2 is 1.92 bits per heavy atom. The van der Waals surface area contributed by atoms with E-state index in [9.17, 15) is 9.59 Å². The molecule has 2 aromatic carbocycles. The van der Waals surface area contributed by atoms with Gasteiger partial charge in [0.05, 0.1) is 23.4 Å². The average molecular weight is 405 g/mol. The molecule has 0 bridgehead atoms. The number of rotatable bonds is 6. The zero-order valence-electron chi connectivity index (χ0n) is 13.8. The molecule has 0 saturated carbocycles. The van der Waals surface area contributed by atoms with Crippen LogP contribution in [0.2, 0.25) is 0 Å². The van der Waals surface area contributed by atoms with Crippen LogP contribution in [0.15, 0.2) is 52.0 Å². The lowest BCUT2D eigenvalue weighted by molar-refractivity contribution is -0.123. The maximum atomic E-state index is 11.7. The molecule has 0 aliphatic rings. The van der Waals surface area contributed by atoms with Crippen molar-refractivity contribution in [3.63, 3.8) is 0 Å². The van der Waals surface area contributed by atoms with Crippen molar-refractivity contribution in [3.05, 3.63) is 63.6 Å². The largest absolute Gasteiger partial charge is 0.483 e. The second-order valence-corrected chi connectivity index (χ2v) is 5.98. The van der Waals surface area contributed by atoms with Crippen LogP contribution in [0.5, 0.6) is 5.75 Å². The molecule has 0 aliphatic heterocycles. The molecule has 1 N–H and O–H groups in total. The summed E-state index contributed by atoms with van der Waals surface area (Å²) in [6, 6.07) is 12.2. The molecule has 0 spiro atoms.